The van der Waals surface area contributed by atoms with E-state index in [0.717, 1.165) is 4.90 Å². The molecule has 8 nitrogen and oxygen atoms in total. The number of imide groups is 1. The van der Waals surface area contributed by atoms with Gasteiger partial charge >= 0.3 is 0 Å². The van der Waals surface area contributed by atoms with Crippen molar-refractivity contribution in [2.75, 3.05) is 0 Å². The lowest BCUT2D eigenvalue weighted by Crippen LogP contribution is -2.44. The third-order valence-corrected chi connectivity index (χ3v) is 4.67. The summed E-state index contributed by atoms with van der Waals surface area (Å²) in [7, 11) is 0. The van der Waals surface area contributed by atoms with Gasteiger partial charge in [0.1, 0.15) is 11.8 Å². The van der Waals surface area contributed by atoms with Crippen LogP contribution < -0.4 is 0 Å². The van der Waals surface area contributed by atoms with Crippen molar-refractivity contribution in [1.82, 2.24) is 24.9 Å². The summed E-state index contributed by atoms with van der Waals surface area (Å²) in [5.41, 5.74) is 0.700. The monoisotopic (exact) mass is 414 g/mol. The molecule has 148 valence electrons. The zero-order chi connectivity index (χ0) is 21.1. The van der Waals surface area contributed by atoms with Crippen LogP contribution in [0.5, 0.6) is 0 Å². The Hall–Kier alpha value is -3.51. The van der Waals surface area contributed by atoms with Crippen LogP contribution in [0.3, 0.4) is 0 Å². The molecule has 1 N–H and O–H groups in total. The van der Waals surface area contributed by atoms with E-state index in [1.165, 1.54) is 36.0 Å². The van der Waals surface area contributed by atoms with E-state index in [2.05, 4.69) is 15.3 Å². The van der Waals surface area contributed by atoms with Gasteiger partial charge in [0.25, 0.3) is 5.91 Å². The molecular formula is C19H16ClFN6O2. The molecular weight excluding hydrogens is 399 g/mol. The quantitative estimate of drug-likeness (QED) is 0.690. The Balaban J connectivity index is 1.82. The number of hydrogen-bond acceptors (Lipinski definition) is 5. The number of carbonyl (C=O) groups excluding carboxylic acids is 2. The minimum Gasteiger partial charge on any atom is -0.275 e. The van der Waals surface area contributed by atoms with Gasteiger partial charge in [-0.25, -0.2) is 4.39 Å². The summed E-state index contributed by atoms with van der Waals surface area (Å²) in [6.07, 6.45) is 3.03. The molecule has 1 unspecified atom stereocenters. The van der Waals surface area contributed by atoms with E-state index in [1.807, 2.05) is 6.07 Å². The first-order valence-electron chi connectivity index (χ1n) is 8.59. The molecule has 0 bridgehead atoms. The SMILES string of the molecule is CC(=O)N(C(=O)c1ccn[nH]1)C(C)Cn1ccc(-c2ccc(C#N)c(Cl)c2F)n1. The normalized spacial score (nSPS) is 11.7. The minimum absolute atomic E-state index is 0.0374. The second-order valence-electron chi connectivity index (χ2n) is 6.34. The van der Waals surface area contributed by atoms with Gasteiger partial charge in [0, 0.05) is 24.9 Å². The molecule has 2 aromatic heterocycles. The molecule has 2 heterocycles. The van der Waals surface area contributed by atoms with Gasteiger partial charge in [0.15, 0.2) is 5.82 Å². The summed E-state index contributed by atoms with van der Waals surface area (Å²) in [4.78, 5) is 25.7. The third kappa shape index (κ3) is 4.02. The number of amides is 2. The van der Waals surface area contributed by atoms with Crippen molar-refractivity contribution in [3.05, 3.63) is 58.8 Å². The van der Waals surface area contributed by atoms with Crippen LogP contribution >= 0.6 is 11.6 Å². The average molecular weight is 415 g/mol. The molecule has 0 aliphatic carbocycles. The number of nitrogens with zero attached hydrogens (tertiary/aromatic N) is 5. The molecule has 2 amide bonds. The van der Waals surface area contributed by atoms with Crippen LogP contribution in [-0.4, -0.2) is 42.7 Å². The van der Waals surface area contributed by atoms with Gasteiger partial charge in [0.2, 0.25) is 5.91 Å². The molecule has 3 aromatic rings. The lowest BCUT2D eigenvalue weighted by molar-refractivity contribution is -0.128. The standard InChI is InChI=1S/C19H16ClFN6O2/c1-11(27(12(2)28)19(29)16-5-7-23-24-16)10-26-8-6-15(25-26)14-4-3-13(9-22)17(20)18(14)21/h3-8,11H,10H2,1-2H3,(H,23,24). The highest BCUT2D eigenvalue weighted by atomic mass is 35.5. The van der Waals surface area contributed by atoms with E-state index in [0.29, 0.717) is 5.69 Å². The topological polar surface area (TPSA) is 108 Å². The number of hydrogen-bond donors (Lipinski definition) is 1. The maximum atomic E-state index is 14.5. The highest BCUT2D eigenvalue weighted by Gasteiger charge is 2.27. The zero-order valence-corrected chi connectivity index (χ0v) is 16.3. The number of benzene rings is 1. The molecule has 1 aromatic carbocycles. The van der Waals surface area contributed by atoms with Crippen LogP contribution in [0.1, 0.15) is 29.9 Å². The first-order valence-corrected chi connectivity index (χ1v) is 8.96. The summed E-state index contributed by atoms with van der Waals surface area (Å²) in [6.45, 7) is 3.20. The van der Waals surface area contributed by atoms with E-state index < -0.39 is 23.7 Å². The van der Waals surface area contributed by atoms with E-state index in [4.69, 9.17) is 16.9 Å². The zero-order valence-electron chi connectivity index (χ0n) is 15.6. The van der Waals surface area contributed by atoms with Gasteiger partial charge in [0.05, 0.1) is 28.9 Å². The van der Waals surface area contributed by atoms with Crippen molar-refractivity contribution in [3.8, 4) is 17.3 Å². The number of nitrogens with one attached hydrogen (secondary N) is 1. The van der Waals surface area contributed by atoms with Gasteiger partial charge < -0.3 is 0 Å². The first-order chi connectivity index (χ1) is 13.8. The van der Waals surface area contributed by atoms with Crippen molar-refractivity contribution >= 4 is 23.4 Å². The Bertz CT molecular complexity index is 1100. The van der Waals surface area contributed by atoms with E-state index in [9.17, 15) is 14.0 Å². The van der Waals surface area contributed by atoms with Gasteiger partial charge in [-0.1, -0.05) is 11.6 Å². The maximum Gasteiger partial charge on any atom is 0.278 e. The number of aromatic amines is 1. The van der Waals surface area contributed by atoms with Crippen LogP contribution in [0.2, 0.25) is 5.02 Å². The fourth-order valence-electron chi connectivity index (χ4n) is 2.95. The Morgan fingerprint density at radius 3 is 2.76 bits per heavy atom. The third-order valence-electron chi connectivity index (χ3n) is 4.30. The highest BCUT2D eigenvalue weighted by molar-refractivity contribution is 6.32. The number of H-pyrrole nitrogens is 1. The van der Waals surface area contributed by atoms with Gasteiger partial charge in [-0.15, -0.1) is 0 Å². The van der Waals surface area contributed by atoms with Gasteiger partial charge in [-0.05, 0) is 31.2 Å². The van der Waals surface area contributed by atoms with Crippen molar-refractivity contribution in [1.29, 1.82) is 5.26 Å². The van der Waals surface area contributed by atoms with Gasteiger partial charge in [-0.3, -0.25) is 24.3 Å². The molecule has 0 aliphatic heterocycles. The first kappa shape index (κ1) is 20.2. The number of nitriles is 1. The molecule has 29 heavy (non-hydrogen) atoms. The lowest BCUT2D eigenvalue weighted by atomic mass is 10.1. The molecule has 0 fully saturated rings. The van der Waals surface area contributed by atoms with Crippen molar-refractivity contribution < 1.29 is 14.0 Å². The van der Waals surface area contributed by atoms with E-state index in [-0.39, 0.29) is 28.4 Å². The molecule has 0 saturated heterocycles. The lowest BCUT2D eigenvalue weighted by Gasteiger charge is -2.25. The second kappa shape index (κ2) is 8.24. The van der Waals surface area contributed by atoms with Crippen LogP contribution in [0.4, 0.5) is 4.39 Å². The van der Waals surface area contributed by atoms with Crippen LogP contribution in [0.15, 0.2) is 36.7 Å². The minimum atomic E-state index is -0.733. The average Bonchev–Trinajstić information content (AvgIpc) is 3.36. The molecule has 0 radical (unpaired) electrons. The Kier molecular flexibility index (Phi) is 5.75. The molecule has 3 rings (SSSR count). The van der Waals surface area contributed by atoms with E-state index in [1.54, 1.807) is 19.2 Å². The van der Waals surface area contributed by atoms with Crippen molar-refractivity contribution in [3.63, 3.8) is 0 Å². The van der Waals surface area contributed by atoms with Crippen molar-refractivity contribution in [2.24, 2.45) is 0 Å². The number of carbonyl (C=O) groups is 2. The predicted octanol–water partition coefficient (Wildman–Crippen LogP) is 3.01. The highest BCUT2D eigenvalue weighted by Crippen LogP contribution is 2.29. The molecule has 0 spiro atoms. The summed E-state index contributed by atoms with van der Waals surface area (Å²) < 4.78 is 16.0. The fourth-order valence-corrected chi connectivity index (χ4v) is 3.16. The predicted molar refractivity (Wildman–Crippen MR) is 102 cm³/mol. The van der Waals surface area contributed by atoms with Crippen LogP contribution in [0, 0.1) is 17.1 Å². The Morgan fingerprint density at radius 1 is 1.38 bits per heavy atom. The largest absolute Gasteiger partial charge is 0.278 e. The summed E-state index contributed by atoms with van der Waals surface area (Å²) >= 11 is 5.88. The molecule has 0 aliphatic rings. The van der Waals surface area contributed by atoms with E-state index >= 15 is 0 Å². The summed E-state index contributed by atoms with van der Waals surface area (Å²) in [6, 6.07) is 7.21. The number of rotatable bonds is 5. The Morgan fingerprint density at radius 2 is 2.14 bits per heavy atom. The van der Waals surface area contributed by atoms with Crippen molar-refractivity contribution in [2.45, 2.75) is 26.4 Å². The number of aromatic nitrogens is 4. The summed E-state index contributed by atoms with van der Waals surface area (Å²) in [5, 5.41) is 19.2. The fraction of sp³-hybridized carbons (Fsp3) is 0.211. The molecule has 10 heteroatoms. The van der Waals surface area contributed by atoms with Gasteiger partial charge in [-0.2, -0.15) is 15.5 Å². The maximum absolute atomic E-state index is 14.5. The molecule has 1 atom stereocenters. The summed E-state index contributed by atoms with van der Waals surface area (Å²) in [5.74, 6) is -1.65. The second-order valence-corrected chi connectivity index (χ2v) is 6.71. The number of halogens is 2. The van der Waals surface area contributed by atoms with Crippen LogP contribution in [-0.2, 0) is 11.3 Å². The smallest absolute Gasteiger partial charge is 0.275 e. The Labute approximate surface area is 170 Å². The molecule has 0 saturated carbocycles. The van der Waals surface area contributed by atoms with Crippen LogP contribution in [0.25, 0.3) is 11.3 Å².